The van der Waals surface area contributed by atoms with Crippen molar-refractivity contribution >= 4 is 68.7 Å². The minimum absolute atomic E-state index is 0.0553. The summed E-state index contributed by atoms with van der Waals surface area (Å²) in [5.41, 5.74) is 5.08. The van der Waals surface area contributed by atoms with Crippen molar-refractivity contribution in [1.82, 2.24) is 9.47 Å². The fraction of sp³-hybridized carbons (Fsp3) is 0.143. The number of hydrogen-bond acceptors (Lipinski definition) is 3. The van der Waals surface area contributed by atoms with E-state index in [0.29, 0.717) is 26.7 Å². The highest BCUT2D eigenvalue weighted by Crippen LogP contribution is 2.36. The fourth-order valence-electron chi connectivity index (χ4n) is 4.17. The zero-order chi connectivity index (χ0) is 24.5. The molecule has 0 N–H and O–H groups in total. The zero-order valence-electron chi connectivity index (χ0n) is 19.3. The predicted octanol–water partition coefficient (Wildman–Crippen LogP) is 7.79. The number of para-hydroxylation sites is 2. The van der Waals surface area contributed by atoms with Crippen molar-refractivity contribution in [3.05, 3.63) is 105 Å². The van der Waals surface area contributed by atoms with Gasteiger partial charge in [-0.3, -0.25) is 9.69 Å². The number of aromatic nitrogens is 1. The van der Waals surface area contributed by atoms with E-state index in [1.54, 1.807) is 18.0 Å². The van der Waals surface area contributed by atoms with E-state index in [1.807, 2.05) is 48.5 Å². The van der Waals surface area contributed by atoms with E-state index < -0.39 is 0 Å². The Kier molecular flexibility index (Phi) is 6.74. The van der Waals surface area contributed by atoms with Crippen LogP contribution >= 0.6 is 35.0 Å². The van der Waals surface area contributed by atoms with Crippen molar-refractivity contribution in [3.63, 3.8) is 0 Å². The number of halogens is 2. The number of carbonyl (C=O) groups excluding carboxylic acids is 1. The van der Waals surface area contributed by atoms with Crippen molar-refractivity contribution in [2.75, 3.05) is 7.05 Å². The molecule has 4 nitrogen and oxygen atoms in total. The van der Waals surface area contributed by atoms with Crippen LogP contribution in [0.3, 0.4) is 0 Å². The van der Waals surface area contributed by atoms with Gasteiger partial charge in [0.25, 0.3) is 5.91 Å². The van der Waals surface area contributed by atoms with Gasteiger partial charge in [-0.05, 0) is 59.7 Å². The molecule has 0 atom stereocenters. The first kappa shape index (κ1) is 23.7. The molecule has 4 aromatic rings. The van der Waals surface area contributed by atoms with Crippen molar-refractivity contribution in [1.29, 1.82) is 0 Å². The molecule has 176 valence electrons. The normalized spacial score (nSPS) is 16.2. The molecule has 0 bridgehead atoms. The summed E-state index contributed by atoms with van der Waals surface area (Å²) in [6.45, 7) is 2.70. The van der Waals surface area contributed by atoms with Gasteiger partial charge in [0.1, 0.15) is 0 Å². The summed E-state index contributed by atoms with van der Waals surface area (Å²) in [6.07, 6.45) is 4.91. The first-order chi connectivity index (χ1) is 16.9. The number of aryl methyl sites for hydroxylation is 1. The topological polar surface area (TPSA) is 37.6 Å². The van der Waals surface area contributed by atoms with Gasteiger partial charge >= 0.3 is 0 Å². The highest BCUT2D eigenvalue weighted by Gasteiger charge is 2.31. The molecule has 35 heavy (non-hydrogen) atoms. The summed E-state index contributed by atoms with van der Waals surface area (Å²) in [5.74, 6) is -0.0553. The molecule has 1 fully saturated rings. The van der Waals surface area contributed by atoms with Crippen LogP contribution in [0.2, 0.25) is 10.0 Å². The van der Waals surface area contributed by atoms with Crippen LogP contribution in [0.5, 0.6) is 0 Å². The molecule has 0 saturated carbocycles. The Morgan fingerprint density at radius 2 is 1.77 bits per heavy atom. The molecule has 1 saturated heterocycles. The molecule has 1 amide bonds. The summed E-state index contributed by atoms with van der Waals surface area (Å²) in [6, 6.07) is 21.8. The number of hydrogen-bond donors (Lipinski definition) is 0. The smallest absolute Gasteiger partial charge is 0.266 e. The van der Waals surface area contributed by atoms with E-state index in [1.165, 1.54) is 11.8 Å². The number of nitrogens with zero attached hydrogens (tertiary/aromatic N) is 3. The average Bonchev–Trinajstić information content (AvgIpc) is 3.33. The minimum Gasteiger partial charge on any atom is -0.342 e. The third-order valence-corrected chi connectivity index (χ3v) is 7.70. The van der Waals surface area contributed by atoms with Gasteiger partial charge in [-0.2, -0.15) is 0 Å². The summed E-state index contributed by atoms with van der Waals surface area (Å²) < 4.78 is 2.15. The molecular weight excluding hydrogens is 497 g/mol. The summed E-state index contributed by atoms with van der Waals surface area (Å²) in [7, 11) is 1.77. The zero-order valence-corrected chi connectivity index (χ0v) is 21.7. The second-order valence-electron chi connectivity index (χ2n) is 8.32. The van der Waals surface area contributed by atoms with Crippen molar-refractivity contribution in [2.45, 2.75) is 19.9 Å². The Bertz CT molecular complexity index is 1510. The van der Waals surface area contributed by atoms with E-state index in [0.717, 1.165) is 39.7 Å². The number of carbonyl (C=O) groups is 1. The lowest BCUT2D eigenvalue weighted by Gasteiger charge is -2.08. The van der Waals surface area contributed by atoms with Crippen LogP contribution < -0.4 is 0 Å². The highest BCUT2D eigenvalue weighted by molar-refractivity contribution is 8.18. The molecule has 2 heterocycles. The molecule has 0 radical (unpaired) electrons. The Labute approximate surface area is 218 Å². The Hall–Kier alpha value is -2.99. The van der Waals surface area contributed by atoms with Gasteiger partial charge in [0.15, 0.2) is 5.17 Å². The first-order valence-electron chi connectivity index (χ1n) is 11.3. The summed E-state index contributed by atoms with van der Waals surface area (Å²) >= 11 is 13.9. The standard InChI is InChI=1S/C28H23Cl2N3OS/c1-3-18-8-4-6-10-24(18)31-28-32(2)27(34)26(35-28)14-20-17-33(25-11-7-5-9-22(20)25)16-19-12-13-21(29)15-23(19)30/h4-15,17H,3,16H2,1-2H3/b26-14+,31-28?. The van der Waals surface area contributed by atoms with Crippen LogP contribution in [0.1, 0.15) is 23.6 Å². The number of thioether (sulfide) groups is 1. The number of benzene rings is 3. The van der Waals surface area contributed by atoms with Crippen molar-refractivity contribution in [3.8, 4) is 0 Å². The predicted molar refractivity (Wildman–Crippen MR) is 149 cm³/mol. The van der Waals surface area contributed by atoms with Gasteiger partial charge in [-0.15, -0.1) is 0 Å². The van der Waals surface area contributed by atoms with E-state index in [-0.39, 0.29) is 5.91 Å². The van der Waals surface area contributed by atoms with Gasteiger partial charge in [-0.25, -0.2) is 4.99 Å². The lowest BCUT2D eigenvalue weighted by Crippen LogP contribution is -2.23. The highest BCUT2D eigenvalue weighted by atomic mass is 35.5. The SMILES string of the molecule is CCc1ccccc1N=C1S/C(=C/c2cn(Cc3ccc(Cl)cc3Cl)c3ccccc23)C(=O)N1C. The molecular formula is C28H23Cl2N3OS. The van der Waals surface area contributed by atoms with Gasteiger partial charge in [0, 0.05) is 46.3 Å². The second-order valence-corrected chi connectivity index (χ2v) is 10.2. The first-order valence-corrected chi connectivity index (χ1v) is 12.9. The molecule has 5 rings (SSSR count). The van der Waals surface area contributed by atoms with Crippen molar-refractivity contribution < 1.29 is 4.79 Å². The number of rotatable bonds is 5. The van der Waals surface area contributed by atoms with Gasteiger partial charge in [-0.1, -0.05) is 72.6 Å². The van der Waals surface area contributed by atoms with E-state index in [2.05, 4.69) is 35.9 Å². The van der Waals surface area contributed by atoms with Crippen LogP contribution in [0.4, 0.5) is 5.69 Å². The lowest BCUT2D eigenvalue weighted by atomic mass is 10.1. The largest absolute Gasteiger partial charge is 0.342 e. The summed E-state index contributed by atoms with van der Waals surface area (Å²) in [4.78, 5) is 20.2. The number of likely N-dealkylation sites (N-methyl/N-ethyl adjacent to an activating group) is 1. The fourth-order valence-corrected chi connectivity index (χ4v) is 5.61. The minimum atomic E-state index is -0.0553. The molecule has 1 aliphatic rings. The molecule has 0 spiro atoms. The van der Waals surface area contributed by atoms with Crippen LogP contribution in [0.15, 0.2) is 82.8 Å². The van der Waals surface area contributed by atoms with Gasteiger partial charge < -0.3 is 4.57 Å². The number of amides is 1. The maximum absolute atomic E-state index is 13.1. The Morgan fingerprint density at radius 1 is 1.00 bits per heavy atom. The van der Waals surface area contributed by atoms with E-state index in [4.69, 9.17) is 28.2 Å². The van der Waals surface area contributed by atoms with Gasteiger partial charge in [0.2, 0.25) is 0 Å². The number of amidine groups is 1. The monoisotopic (exact) mass is 519 g/mol. The van der Waals surface area contributed by atoms with Crippen LogP contribution in [-0.2, 0) is 17.8 Å². The van der Waals surface area contributed by atoms with Crippen LogP contribution in [0, 0.1) is 0 Å². The molecule has 7 heteroatoms. The molecule has 0 unspecified atom stereocenters. The molecule has 0 aliphatic carbocycles. The Morgan fingerprint density at radius 3 is 2.57 bits per heavy atom. The second kappa shape index (κ2) is 9.94. The number of fused-ring (bicyclic) bond motifs is 1. The molecule has 1 aromatic heterocycles. The molecule has 1 aliphatic heterocycles. The lowest BCUT2D eigenvalue weighted by molar-refractivity contribution is -0.121. The summed E-state index contributed by atoms with van der Waals surface area (Å²) in [5, 5.41) is 3.00. The van der Waals surface area contributed by atoms with Gasteiger partial charge in [0.05, 0.1) is 10.6 Å². The quantitative estimate of drug-likeness (QED) is 0.252. The van der Waals surface area contributed by atoms with E-state index in [9.17, 15) is 4.79 Å². The van der Waals surface area contributed by atoms with Crippen molar-refractivity contribution in [2.24, 2.45) is 4.99 Å². The number of aliphatic imine (C=N–C) groups is 1. The van der Waals surface area contributed by atoms with Crippen LogP contribution in [0.25, 0.3) is 17.0 Å². The Balaban J connectivity index is 1.51. The maximum Gasteiger partial charge on any atom is 0.266 e. The van der Waals surface area contributed by atoms with E-state index >= 15 is 0 Å². The third-order valence-electron chi connectivity index (χ3n) is 6.05. The van der Waals surface area contributed by atoms with Crippen LogP contribution in [-0.4, -0.2) is 27.6 Å². The maximum atomic E-state index is 13.1. The third kappa shape index (κ3) is 4.76. The average molecular weight is 520 g/mol. The molecule has 3 aromatic carbocycles.